The Balaban J connectivity index is 1.65. The quantitative estimate of drug-likeness (QED) is 0.711. The lowest BCUT2D eigenvalue weighted by Crippen LogP contribution is -2.44. The number of hydrogen-bond acceptors (Lipinski definition) is 5. The van der Waals surface area contributed by atoms with Crippen molar-refractivity contribution in [3.8, 4) is 0 Å². The van der Waals surface area contributed by atoms with Gasteiger partial charge >= 0.3 is 0 Å². The van der Waals surface area contributed by atoms with Crippen LogP contribution in [-0.4, -0.2) is 81.3 Å². The number of hydrogen-bond donors (Lipinski definition) is 1. The van der Waals surface area contributed by atoms with Crippen LogP contribution >= 0.6 is 0 Å². The largest absolute Gasteiger partial charge is 0.324 e. The van der Waals surface area contributed by atoms with Crippen molar-refractivity contribution < 1.29 is 13.2 Å². The van der Waals surface area contributed by atoms with E-state index in [9.17, 15) is 13.2 Å². The van der Waals surface area contributed by atoms with Crippen molar-refractivity contribution in [1.82, 2.24) is 14.1 Å². The second-order valence-corrected chi connectivity index (χ2v) is 10.8. The van der Waals surface area contributed by atoms with Gasteiger partial charge in [0.15, 0.2) is 0 Å². The predicted octanol–water partition coefficient (Wildman–Crippen LogP) is 2.60. The van der Waals surface area contributed by atoms with Crippen LogP contribution in [0.3, 0.4) is 0 Å². The van der Waals surface area contributed by atoms with Crippen LogP contribution in [0.15, 0.2) is 29.2 Å². The lowest BCUT2D eigenvalue weighted by molar-refractivity contribution is -0.117. The van der Waals surface area contributed by atoms with E-state index in [-0.39, 0.29) is 23.4 Å². The zero-order valence-electron chi connectivity index (χ0n) is 18.5. The highest BCUT2D eigenvalue weighted by Crippen LogP contribution is 2.29. The Labute approximate surface area is 181 Å². The highest BCUT2D eigenvalue weighted by atomic mass is 32.2. The molecule has 2 fully saturated rings. The van der Waals surface area contributed by atoms with Crippen molar-refractivity contribution >= 4 is 21.6 Å². The molecule has 1 aromatic carbocycles. The van der Waals surface area contributed by atoms with Crippen LogP contribution in [0.4, 0.5) is 5.69 Å². The molecule has 1 amide bonds. The smallest absolute Gasteiger partial charge is 0.245 e. The third kappa shape index (κ3) is 5.60. The minimum atomic E-state index is -3.67. The second-order valence-electron chi connectivity index (χ2n) is 8.83. The van der Waals surface area contributed by atoms with Gasteiger partial charge in [0.2, 0.25) is 15.9 Å². The average molecular weight is 437 g/mol. The molecule has 7 nitrogen and oxygen atoms in total. The van der Waals surface area contributed by atoms with Gasteiger partial charge in [-0.25, -0.2) is 8.42 Å². The van der Waals surface area contributed by atoms with Crippen LogP contribution < -0.4 is 5.32 Å². The van der Waals surface area contributed by atoms with Crippen molar-refractivity contribution in [2.45, 2.75) is 61.9 Å². The van der Waals surface area contributed by atoms with E-state index in [0.717, 1.165) is 51.6 Å². The van der Waals surface area contributed by atoms with E-state index in [1.54, 1.807) is 31.3 Å². The van der Waals surface area contributed by atoms with E-state index in [4.69, 9.17) is 0 Å². The number of amides is 1. The molecular weight excluding hydrogens is 400 g/mol. The zero-order chi connectivity index (χ0) is 21.7. The zero-order valence-corrected chi connectivity index (χ0v) is 19.3. The van der Waals surface area contributed by atoms with E-state index in [1.807, 2.05) is 0 Å². The Morgan fingerprint density at radius 2 is 1.63 bits per heavy atom. The molecule has 168 valence electrons. The van der Waals surface area contributed by atoms with Gasteiger partial charge in [0, 0.05) is 32.2 Å². The summed E-state index contributed by atoms with van der Waals surface area (Å²) in [6.45, 7) is 2.04. The van der Waals surface area contributed by atoms with Crippen molar-refractivity contribution in [2.75, 3.05) is 46.1 Å². The van der Waals surface area contributed by atoms with Crippen LogP contribution in [0.25, 0.3) is 0 Å². The average Bonchev–Trinajstić information content (AvgIpc) is 2.74. The van der Waals surface area contributed by atoms with Gasteiger partial charge < -0.3 is 10.2 Å². The van der Waals surface area contributed by atoms with Gasteiger partial charge in [0.1, 0.15) is 4.90 Å². The predicted molar refractivity (Wildman–Crippen MR) is 120 cm³/mol. The lowest BCUT2D eigenvalue weighted by atomic mass is 9.96. The fraction of sp³-hybridized carbons (Fsp3) is 0.682. The minimum absolute atomic E-state index is 0.0329. The summed E-state index contributed by atoms with van der Waals surface area (Å²) in [5.74, 6) is -0.165. The summed E-state index contributed by atoms with van der Waals surface area (Å²) in [5, 5.41) is 2.86. The molecule has 0 aromatic heterocycles. The number of sulfonamides is 1. The number of carbonyl (C=O) groups excluding carboxylic acids is 1. The van der Waals surface area contributed by atoms with E-state index in [0.29, 0.717) is 11.7 Å². The summed E-state index contributed by atoms with van der Waals surface area (Å²) in [4.78, 5) is 17.2. The third-order valence-corrected chi connectivity index (χ3v) is 8.53. The monoisotopic (exact) mass is 436 g/mol. The molecule has 0 unspecified atom stereocenters. The number of carbonyl (C=O) groups is 1. The number of nitrogens with one attached hydrogen (secondary N) is 1. The first-order valence-electron chi connectivity index (χ1n) is 11.0. The SMILES string of the molecule is CN(C)C1CCN(CC(=O)Nc2ccccc2S(=O)(=O)N(C)C2CCCCC2)CC1. The van der Waals surface area contributed by atoms with Crippen LogP contribution in [0.1, 0.15) is 44.9 Å². The Kier molecular flexibility index (Phi) is 7.90. The molecule has 2 aliphatic rings. The number of rotatable bonds is 7. The number of para-hydroxylation sites is 1. The van der Waals surface area contributed by atoms with Gasteiger partial charge in [-0.2, -0.15) is 4.31 Å². The maximum absolute atomic E-state index is 13.3. The molecule has 1 aliphatic carbocycles. The number of likely N-dealkylation sites (tertiary alicyclic amines) is 1. The van der Waals surface area contributed by atoms with Crippen molar-refractivity contribution in [1.29, 1.82) is 0 Å². The Morgan fingerprint density at radius 3 is 2.27 bits per heavy atom. The summed E-state index contributed by atoms with van der Waals surface area (Å²) in [5.41, 5.74) is 0.369. The summed E-state index contributed by atoms with van der Waals surface area (Å²) >= 11 is 0. The van der Waals surface area contributed by atoms with Gasteiger partial charge in [-0.15, -0.1) is 0 Å². The van der Waals surface area contributed by atoms with Crippen LogP contribution in [0, 0.1) is 0 Å². The lowest BCUT2D eigenvalue weighted by Gasteiger charge is -2.34. The summed E-state index contributed by atoms with van der Waals surface area (Å²) < 4.78 is 28.1. The highest BCUT2D eigenvalue weighted by molar-refractivity contribution is 7.89. The Morgan fingerprint density at radius 1 is 1.00 bits per heavy atom. The molecule has 1 aromatic rings. The number of benzene rings is 1. The first kappa shape index (κ1) is 23.2. The molecule has 8 heteroatoms. The maximum Gasteiger partial charge on any atom is 0.245 e. The molecule has 3 rings (SSSR count). The number of anilines is 1. The molecule has 0 atom stereocenters. The summed E-state index contributed by atoms with van der Waals surface area (Å²) in [6.07, 6.45) is 7.17. The minimum Gasteiger partial charge on any atom is -0.324 e. The van der Waals surface area contributed by atoms with Gasteiger partial charge in [0.05, 0.1) is 12.2 Å². The first-order valence-corrected chi connectivity index (χ1v) is 12.5. The van der Waals surface area contributed by atoms with Gasteiger partial charge in [0.25, 0.3) is 0 Å². The molecule has 0 radical (unpaired) electrons. The first-order chi connectivity index (χ1) is 14.3. The fourth-order valence-electron chi connectivity index (χ4n) is 4.58. The molecule has 30 heavy (non-hydrogen) atoms. The van der Waals surface area contributed by atoms with E-state index >= 15 is 0 Å². The third-order valence-electron chi connectivity index (χ3n) is 6.56. The molecule has 1 aliphatic heterocycles. The van der Waals surface area contributed by atoms with Crippen LogP contribution in [0.2, 0.25) is 0 Å². The highest BCUT2D eigenvalue weighted by Gasteiger charge is 2.31. The second kappa shape index (κ2) is 10.2. The molecule has 1 heterocycles. The standard InChI is InChI=1S/C22H36N4O3S/c1-24(2)18-13-15-26(16-14-18)17-22(27)23-20-11-7-8-12-21(20)30(28,29)25(3)19-9-5-4-6-10-19/h7-8,11-12,18-19H,4-6,9-10,13-17H2,1-3H3,(H,23,27). The van der Waals surface area contributed by atoms with Gasteiger partial charge in [-0.3, -0.25) is 9.69 Å². The van der Waals surface area contributed by atoms with Crippen molar-refractivity contribution in [3.05, 3.63) is 24.3 Å². The molecule has 1 saturated carbocycles. The Hall–Kier alpha value is -1.48. The van der Waals surface area contributed by atoms with Gasteiger partial charge in [-0.05, 0) is 51.9 Å². The number of piperidine rings is 1. The fourth-order valence-corrected chi connectivity index (χ4v) is 6.14. The van der Waals surface area contributed by atoms with Crippen LogP contribution in [-0.2, 0) is 14.8 Å². The van der Waals surface area contributed by atoms with Gasteiger partial charge in [-0.1, -0.05) is 31.4 Å². The van der Waals surface area contributed by atoms with E-state index in [1.165, 1.54) is 10.7 Å². The van der Waals surface area contributed by atoms with E-state index < -0.39 is 10.0 Å². The summed E-state index contributed by atoms with van der Waals surface area (Å²) in [7, 11) is 2.18. The molecule has 0 spiro atoms. The molecule has 0 bridgehead atoms. The van der Waals surface area contributed by atoms with Crippen molar-refractivity contribution in [2.24, 2.45) is 0 Å². The number of nitrogens with zero attached hydrogens (tertiary/aromatic N) is 3. The van der Waals surface area contributed by atoms with Crippen LogP contribution in [0.5, 0.6) is 0 Å². The molecule has 1 N–H and O–H groups in total. The van der Waals surface area contributed by atoms with E-state index in [2.05, 4.69) is 29.2 Å². The van der Waals surface area contributed by atoms with Crippen molar-refractivity contribution in [3.63, 3.8) is 0 Å². The Bertz CT molecular complexity index is 813. The normalized spacial score (nSPS) is 20.0. The molecular formula is C22H36N4O3S. The molecule has 1 saturated heterocycles. The summed E-state index contributed by atoms with van der Waals surface area (Å²) in [6, 6.07) is 7.34. The topological polar surface area (TPSA) is 73.0 Å². The maximum atomic E-state index is 13.3.